The predicted octanol–water partition coefficient (Wildman–Crippen LogP) is 2.58. The Morgan fingerprint density at radius 2 is 2.33 bits per heavy atom. The van der Waals surface area contributed by atoms with E-state index in [1.165, 1.54) is 12.1 Å². The van der Waals surface area contributed by atoms with Crippen LogP contribution in [0.3, 0.4) is 0 Å². The third-order valence-electron chi connectivity index (χ3n) is 1.24. The summed E-state index contributed by atoms with van der Waals surface area (Å²) in [5, 5.41) is 10.7. The molecule has 0 radical (unpaired) electrons. The van der Waals surface area contributed by atoms with Crippen molar-refractivity contribution >= 4 is 39.9 Å². The molecule has 4 nitrogen and oxygen atoms in total. The lowest BCUT2D eigenvalue weighted by atomic mass is 10.3. The zero-order chi connectivity index (χ0) is 9.14. The van der Waals surface area contributed by atoms with Gasteiger partial charge in [-0.2, -0.15) is 0 Å². The molecule has 0 atom stereocenters. The van der Waals surface area contributed by atoms with Gasteiger partial charge >= 0.3 is 0 Å². The molecule has 64 valence electrons. The average Bonchev–Trinajstić information content (AvgIpc) is 2.03. The van der Waals surface area contributed by atoms with E-state index in [1.807, 2.05) is 22.6 Å². The first kappa shape index (κ1) is 9.66. The second-order valence-electron chi connectivity index (χ2n) is 1.99. The molecule has 0 bridgehead atoms. The van der Waals surface area contributed by atoms with Crippen molar-refractivity contribution in [2.45, 2.75) is 4.43 Å². The molecule has 0 aliphatic heterocycles. The number of hydrogen-bond acceptors (Lipinski definition) is 3. The van der Waals surface area contributed by atoms with Gasteiger partial charge in [0, 0.05) is 10.5 Å². The summed E-state index contributed by atoms with van der Waals surface area (Å²) < 4.78 is 0.481. The molecule has 1 heterocycles. The van der Waals surface area contributed by atoms with Gasteiger partial charge in [0.15, 0.2) is 0 Å². The minimum Gasteiger partial charge on any atom is -0.258 e. The van der Waals surface area contributed by atoms with Gasteiger partial charge in [-0.05, 0) is 6.07 Å². The van der Waals surface area contributed by atoms with E-state index in [9.17, 15) is 10.1 Å². The molecule has 0 unspecified atom stereocenters. The van der Waals surface area contributed by atoms with E-state index in [0.29, 0.717) is 10.1 Å². The van der Waals surface area contributed by atoms with Crippen LogP contribution in [0.15, 0.2) is 12.1 Å². The predicted molar refractivity (Wildman–Crippen MR) is 53.6 cm³/mol. The van der Waals surface area contributed by atoms with Gasteiger partial charge in [-0.25, -0.2) is 4.98 Å². The largest absolute Gasteiger partial charge is 0.291 e. The summed E-state index contributed by atoms with van der Waals surface area (Å²) in [6.07, 6.45) is 0. The van der Waals surface area contributed by atoms with Crippen LogP contribution in [-0.4, -0.2) is 9.91 Å². The molecular formula is C6H4ClIN2O2. The molecule has 0 aromatic carbocycles. The minimum absolute atomic E-state index is 0.0220. The molecule has 0 spiro atoms. The quantitative estimate of drug-likeness (QED) is 0.277. The van der Waals surface area contributed by atoms with Crippen LogP contribution < -0.4 is 0 Å². The lowest BCUT2D eigenvalue weighted by molar-refractivity contribution is -0.385. The van der Waals surface area contributed by atoms with Gasteiger partial charge < -0.3 is 0 Å². The fraction of sp³-hybridized carbons (Fsp3) is 0.167. The molecule has 0 fully saturated rings. The van der Waals surface area contributed by atoms with Crippen molar-refractivity contribution in [3.8, 4) is 0 Å². The van der Waals surface area contributed by atoms with E-state index < -0.39 is 4.92 Å². The Kier molecular flexibility index (Phi) is 3.21. The Bertz CT molecular complexity index is 318. The lowest BCUT2D eigenvalue weighted by Gasteiger charge is -1.97. The number of hydrogen-bond donors (Lipinski definition) is 0. The van der Waals surface area contributed by atoms with Crippen molar-refractivity contribution < 1.29 is 4.92 Å². The molecule has 0 aliphatic carbocycles. The van der Waals surface area contributed by atoms with Crippen molar-refractivity contribution in [1.82, 2.24) is 4.98 Å². The van der Waals surface area contributed by atoms with E-state index in [2.05, 4.69) is 4.98 Å². The minimum atomic E-state index is -0.461. The molecule has 12 heavy (non-hydrogen) atoms. The van der Waals surface area contributed by atoms with E-state index in [-0.39, 0.29) is 10.8 Å². The SMILES string of the molecule is O=[N+]([O-])c1ccc(Cl)nc1CI. The average molecular weight is 298 g/mol. The van der Waals surface area contributed by atoms with Crippen LogP contribution in [0.5, 0.6) is 0 Å². The summed E-state index contributed by atoms with van der Waals surface area (Å²) in [6, 6.07) is 2.78. The maximum atomic E-state index is 10.4. The third kappa shape index (κ3) is 2.04. The van der Waals surface area contributed by atoms with E-state index >= 15 is 0 Å². The molecule has 0 saturated heterocycles. The highest BCUT2D eigenvalue weighted by molar-refractivity contribution is 14.1. The Balaban J connectivity index is 3.20. The van der Waals surface area contributed by atoms with Gasteiger partial charge in [0.2, 0.25) is 0 Å². The maximum Gasteiger partial charge on any atom is 0.291 e. The zero-order valence-electron chi connectivity index (χ0n) is 5.83. The summed E-state index contributed by atoms with van der Waals surface area (Å²) >= 11 is 7.57. The highest BCUT2D eigenvalue weighted by atomic mass is 127. The number of nitrogens with zero attached hydrogens (tertiary/aromatic N) is 2. The Morgan fingerprint density at radius 1 is 1.67 bits per heavy atom. The summed E-state index contributed by atoms with van der Waals surface area (Å²) in [5.41, 5.74) is 0.432. The molecular weight excluding hydrogens is 294 g/mol. The fourth-order valence-electron chi connectivity index (χ4n) is 0.732. The standard InChI is InChI=1S/C6H4ClIN2O2/c7-6-2-1-5(10(11)12)4(3-8)9-6/h1-2H,3H2. The van der Waals surface area contributed by atoms with Gasteiger partial charge in [0.1, 0.15) is 10.8 Å². The molecule has 0 N–H and O–H groups in total. The highest BCUT2D eigenvalue weighted by Crippen LogP contribution is 2.20. The number of rotatable bonds is 2. The zero-order valence-corrected chi connectivity index (χ0v) is 8.74. The number of aromatic nitrogens is 1. The molecule has 1 aromatic heterocycles. The summed E-state index contributed by atoms with van der Waals surface area (Å²) in [6.45, 7) is 0. The molecule has 0 aliphatic rings. The topological polar surface area (TPSA) is 56.0 Å². The van der Waals surface area contributed by atoms with Gasteiger partial charge in [-0.3, -0.25) is 10.1 Å². The fourth-order valence-corrected chi connectivity index (χ4v) is 1.46. The van der Waals surface area contributed by atoms with E-state index in [0.717, 1.165) is 0 Å². The van der Waals surface area contributed by atoms with Crippen molar-refractivity contribution in [1.29, 1.82) is 0 Å². The second kappa shape index (κ2) is 3.99. The monoisotopic (exact) mass is 298 g/mol. The number of pyridine rings is 1. The molecule has 1 rings (SSSR count). The smallest absolute Gasteiger partial charge is 0.258 e. The second-order valence-corrected chi connectivity index (χ2v) is 3.14. The van der Waals surface area contributed by atoms with Gasteiger partial charge in [-0.1, -0.05) is 34.2 Å². The number of alkyl halides is 1. The van der Waals surface area contributed by atoms with Crippen LogP contribution in [-0.2, 0) is 4.43 Å². The summed E-state index contributed by atoms with van der Waals surface area (Å²) in [7, 11) is 0. The van der Waals surface area contributed by atoms with Crippen LogP contribution in [0.1, 0.15) is 5.69 Å². The number of nitro groups is 1. The van der Waals surface area contributed by atoms with Crippen LogP contribution in [0.4, 0.5) is 5.69 Å². The van der Waals surface area contributed by atoms with Crippen molar-refractivity contribution in [3.05, 3.63) is 33.1 Å². The molecule has 0 saturated carbocycles. The van der Waals surface area contributed by atoms with Gasteiger partial charge in [-0.15, -0.1) is 0 Å². The van der Waals surface area contributed by atoms with Crippen molar-refractivity contribution in [3.63, 3.8) is 0 Å². The van der Waals surface area contributed by atoms with Gasteiger partial charge in [0.05, 0.1) is 4.92 Å². The summed E-state index contributed by atoms with van der Waals surface area (Å²) in [4.78, 5) is 13.8. The molecule has 0 amide bonds. The van der Waals surface area contributed by atoms with E-state index in [4.69, 9.17) is 11.6 Å². The maximum absolute atomic E-state index is 10.4. The van der Waals surface area contributed by atoms with Crippen LogP contribution >= 0.6 is 34.2 Å². The Labute approximate surface area is 87.2 Å². The lowest BCUT2D eigenvalue weighted by Crippen LogP contribution is -1.95. The molecule has 1 aromatic rings. The Morgan fingerprint density at radius 3 is 2.83 bits per heavy atom. The first-order valence-electron chi connectivity index (χ1n) is 3.01. The summed E-state index contributed by atoms with van der Waals surface area (Å²) in [5.74, 6) is 0. The van der Waals surface area contributed by atoms with Gasteiger partial charge in [0.25, 0.3) is 5.69 Å². The van der Waals surface area contributed by atoms with Crippen molar-refractivity contribution in [2.24, 2.45) is 0 Å². The number of halogens is 2. The third-order valence-corrected chi connectivity index (χ3v) is 2.17. The normalized spacial score (nSPS) is 9.83. The highest BCUT2D eigenvalue weighted by Gasteiger charge is 2.13. The first-order valence-corrected chi connectivity index (χ1v) is 4.91. The van der Waals surface area contributed by atoms with Crippen LogP contribution in [0.2, 0.25) is 5.15 Å². The molecule has 6 heteroatoms. The van der Waals surface area contributed by atoms with Crippen LogP contribution in [0.25, 0.3) is 0 Å². The first-order chi connectivity index (χ1) is 5.65. The van der Waals surface area contributed by atoms with E-state index in [1.54, 1.807) is 0 Å². The van der Waals surface area contributed by atoms with Crippen molar-refractivity contribution in [2.75, 3.05) is 0 Å². The Hall–Kier alpha value is -0.430. The van der Waals surface area contributed by atoms with Crippen LogP contribution in [0, 0.1) is 10.1 Å².